The lowest BCUT2D eigenvalue weighted by molar-refractivity contribution is -0.141. The molecule has 1 amide bonds. The van der Waals surface area contributed by atoms with Gasteiger partial charge in [0.25, 0.3) is 0 Å². The number of piperidine rings is 2. The molecule has 1 aromatic heterocycles. The van der Waals surface area contributed by atoms with Crippen LogP contribution in [-0.4, -0.2) is 45.6 Å². The maximum absolute atomic E-state index is 13.9. The number of hydrogen-bond donors (Lipinski definition) is 1. The summed E-state index contributed by atoms with van der Waals surface area (Å²) in [6.07, 6.45) is -2.78. The summed E-state index contributed by atoms with van der Waals surface area (Å²) >= 11 is 0. The first-order chi connectivity index (χ1) is 15.5. The molecule has 1 spiro atoms. The molecule has 2 saturated heterocycles. The Labute approximate surface area is 184 Å². The molecule has 33 heavy (non-hydrogen) atoms. The minimum Gasteiger partial charge on any atom is -0.475 e. The predicted molar refractivity (Wildman–Crippen MR) is 106 cm³/mol. The van der Waals surface area contributed by atoms with Crippen LogP contribution in [0.4, 0.5) is 33.5 Å². The van der Waals surface area contributed by atoms with E-state index in [9.17, 15) is 31.5 Å². The number of carbonyl (C=O) groups is 2. The highest BCUT2D eigenvalue weighted by Gasteiger charge is 2.46. The van der Waals surface area contributed by atoms with Crippen LogP contribution in [-0.2, 0) is 11.0 Å². The molecular weight excluding hydrogens is 451 g/mol. The number of rotatable bonds is 3. The largest absolute Gasteiger partial charge is 0.475 e. The summed E-state index contributed by atoms with van der Waals surface area (Å²) in [5.74, 6) is -5.18. The maximum atomic E-state index is 13.9. The van der Waals surface area contributed by atoms with E-state index in [1.807, 2.05) is 0 Å². The maximum Gasteiger partial charge on any atom is 0.433 e. The van der Waals surface area contributed by atoms with Crippen LogP contribution in [0.2, 0.25) is 0 Å². The Bertz CT molecular complexity index is 1100. The van der Waals surface area contributed by atoms with Gasteiger partial charge in [0.2, 0.25) is 11.7 Å². The van der Waals surface area contributed by atoms with Gasteiger partial charge in [-0.25, -0.2) is 23.5 Å². The van der Waals surface area contributed by atoms with Gasteiger partial charge in [-0.1, -0.05) is 0 Å². The van der Waals surface area contributed by atoms with Gasteiger partial charge in [0.05, 0.1) is 5.54 Å². The second kappa shape index (κ2) is 8.23. The average Bonchev–Trinajstić information content (AvgIpc) is 2.75. The van der Waals surface area contributed by atoms with E-state index in [0.29, 0.717) is 31.7 Å². The molecule has 0 saturated carbocycles. The van der Waals surface area contributed by atoms with E-state index in [1.165, 1.54) is 15.9 Å². The number of aromatic carboxylic acids is 1. The summed E-state index contributed by atoms with van der Waals surface area (Å²) < 4.78 is 66.9. The third kappa shape index (κ3) is 4.33. The molecule has 1 N–H and O–H groups in total. The van der Waals surface area contributed by atoms with Gasteiger partial charge in [-0.15, -0.1) is 0 Å². The van der Waals surface area contributed by atoms with E-state index in [1.54, 1.807) is 0 Å². The van der Waals surface area contributed by atoms with E-state index in [2.05, 4.69) is 9.97 Å². The van der Waals surface area contributed by atoms with E-state index in [0.717, 1.165) is 12.1 Å². The van der Waals surface area contributed by atoms with E-state index >= 15 is 0 Å². The Balaban J connectivity index is 1.63. The van der Waals surface area contributed by atoms with Gasteiger partial charge in [0.15, 0.2) is 17.3 Å². The highest BCUT2D eigenvalue weighted by molar-refractivity contribution is 5.95. The molecule has 2 aromatic rings. The molecule has 0 aliphatic carbocycles. The third-order valence-electron chi connectivity index (χ3n) is 6.13. The molecule has 3 heterocycles. The molecule has 0 radical (unpaired) electrons. The molecular formula is C21H19F5N4O3. The Morgan fingerprint density at radius 3 is 2.33 bits per heavy atom. The normalized spacial score (nSPS) is 18.6. The van der Waals surface area contributed by atoms with Crippen molar-refractivity contribution in [2.45, 2.75) is 43.8 Å². The summed E-state index contributed by atoms with van der Waals surface area (Å²) in [5.41, 5.74) is -1.85. The second-order valence-corrected chi connectivity index (χ2v) is 8.13. The Kier molecular flexibility index (Phi) is 5.71. The van der Waals surface area contributed by atoms with Crippen LogP contribution in [0.5, 0.6) is 0 Å². The van der Waals surface area contributed by atoms with Gasteiger partial charge in [0, 0.05) is 37.3 Å². The molecule has 2 aliphatic heterocycles. The number of carbonyl (C=O) groups excluding carboxylic acids is 1. The van der Waals surface area contributed by atoms with Crippen LogP contribution in [0.1, 0.15) is 48.4 Å². The van der Waals surface area contributed by atoms with Gasteiger partial charge in [0.1, 0.15) is 5.82 Å². The van der Waals surface area contributed by atoms with Gasteiger partial charge >= 0.3 is 12.1 Å². The number of halogens is 5. The first-order valence-electron chi connectivity index (χ1n) is 10.2. The molecule has 1 aromatic carbocycles. The topological polar surface area (TPSA) is 86.6 Å². The van der Waals surface area contributed by atoms with Gasteiger partial charge < -0.3 is 14.9 Å². The van der Waals surface area contributed by atoms with Crippen LogP contribution >= 0.6 is 0 Å². The summed E-state index contributed by atoms with van der Waals surface area (Å²) in [5, 5.41) is 9.12. The number of alkyl halides is 3. The lowest BCUT2D eigenvalue weighted by Gasteiger charge is -2.51. The Morgan fingerprint density at radius 2 is 1.73 bits per heavy atom. The smallest absolute Gasteiger partial charge is 0.433 e. The summed E-state index contributed by atoms with van der Waals surface area (Å²) in [6.45, 7) is 0.363. The van der Waals surface area contributed by atoms with Crippen molar-refractivity contribution in [2.24, 2.45) is 0 Å². The van der Waals surface area contributed by atoms with Gasteiger partial charge in [-0.3, -0.25) is 4.79 Å². The van der Waals surface area contributed by atoms with Crippen LogP contribution in [0, 0.1) is 11.6 Å². The van der Waals surface area contributed by atoms with Crippen molar-refractivity contribution in [2.75, 3.05) is 22.9 Å². The van der Waals surface area contributed by atoms with Gasteiger partial charge in [-0.05, 0) is 37.8 Å². The molecule has 7 nitrogen and oxygen atoms in total. The van der Waals surface area contributed by atoms with Crippen molar-refractivity contribution in [1.29, 1.82) is 0 Å². The SMILES string of the molecule is O=C(O)c1nc(N2CCC3(CCCC(=O)N3c3ccc(F)c(F)c3)CC2)cc(C(F)(F)F)n1. The number of carboxylic acid groups (broad SMARTS) is 1. The fraction of sp³-hybridized carbons (Fsp3) is 0.429. The van der Waals surface area contributed by atoms with Crippen molar-refractivity contribution in [1.82, 2.24) is 9.97 Å². The Hall–Kier alpha value is -3.31. The zero-order valence-electron chi connectivity index (χ0n) is 17.2. The minimum atomic E-state index is -4.85. The molecule has 2 aliphatic rings. The lowest BCUT2D eigenvalue weighted by Crippen LogP contribution is -2.60. The van der Waals surface area contributed by atoms with Crippen LogP contribution in [0.15, 0.2) is 24.3 Å². The fourth-order valence-corrected chi connectivity index (χ4v) is 4.56. The number of benzene rings is 1. The molecule has 0 atom stereocenters. The van der Waals surface area contributed by atoms with Crippen LogP contribution in [0.25, 0.3) is 0 Å². The van der Waals surface area contributed by atoms with Crippen molar-refractivity contribution in [3.63, 3.8) is 0 Å². The number of amides is 1. The molecule has 0 unspecified atom stereocenters. The fourth-order valence-electron chi connectivity index (χ4n) is 4.56. The van der Waals surface area contributed by atoms with Crippen molar-refractivity contribution >= 4 is 23.4 Å². The highest BCUT2D eigenvalue weighted by atomic mass is 19.4. The standard InChI is InChI=1S/C21H19F5N4O3/c22-13-4-3-12(10-14(13)23)30-17(31)2-1-5-20(30)6-8-29(9-7-20)16-11-15(21(24,25)26)27-18(28-16)19(32)33/h3-4,10-11H,1-2,5-9H2,(H,32,33). The first kappa shape index (κ1) is 22.9. The molecule has 4 rings (SSSR count). The number of nitrogens with zero attached hydrogens (tertiary/aromatic N) is 4. The monoisotopic (exact) mass is 470 g/mol. The van der Waals surface area contributed by atoms with Crippen molar-refractivity contribution in [3.05, 3.63) is 47.4 Å². The number of aromatic nitrogens is 2. The zero-order valence-corrected chi connectivity index (χ0v) is 17.2. The molecule has 176 valence electrons. The summed E-state index contributed by atoms with van der Waals surface area (Å²) in [7, 11) is 0. The molecule has 0 bridgehead atoms. The van der Waals surface area contributed by atoms with E-state index in [-0.39, 0.29) is 36.9 Å². The lowest BCUT2D eigenvalue weighted by atomic mass is 9.78. The third-order valence-corrected chi connectivity index (χ3v) is 6.13. The van der Waals surface area contributed by atoms with Gasteiger partial charge in [-0.2, -0.15) is 13.2 Å². The van der Waals surface area contributed by atoms with E-state index < -0.39 is 40.8 Å². The zero-order chi connectivity index (χ0) is 24.0. The first-order valence-corrected chi connectivity index (χ1v) is 10.2. The number of hydrogen-bond acceptors (Lipinski definition) is 5. The summed E-state index contributed by atoms with van der Waals surface area (Å²) in [6, 6.07) is 3.94. The predicted octanol–water partition coefficient (Wildman–Crippen LogP) is 4.03. The number of carboxylic acids is 1. The number of anilines is 2. The quantitative estimate of drug-likeness (QED) is 0.682. The van der Waals surface area contributed by atoms with Crippen molar-refractivity contribution < 1.29 is 36.6 Å². The second-order valence-electron chi connectivity index (χ2n) is 8.13. The molecule has 2 fully saturated rings. The summed E-state index contributed by atoms with van der Waals surface area (Å²) in [4.78, 5) is 33.8. The van der Waals surface area contributed by atoms with Crippen molar-refractivity contribution in [3.8, 4) is 0 Å². The molecule has 12 heteroatoms. The minimum absolute atomic E-state index is 0.175. The Morgan fingerprint density at radius 1 is 1.03 bits per heavy atom. The average molecular weight is 470 g/mol. The van der Waals surface area contributed by atoms with Crippen LogP contribution in [0.3, 0.4) is 0 Å². The van der Waals surface area contributed by atoms with E-state index in [4.69, 9.17) is 5.11 Å². The van der Waals surface area contributed by atoms with Crippen LogP contribution < -0.4 is 9.80 Å². The highest BCUT2D eigenvalue weighted by Crippen LogP contribution is 2.42.